The zero-order valence-corrected chi connectivity index (χ0v) is 10.3. The lowest BCUT2D eigenvalue weighted by Gasteiger charge is -2.14. The highest BCUT2D eigenvalue weighted by molar-refractivity contribution is 6.13. The molecule has 0 saturated carbocycles. The third kappa shape index (κ3) is 1.41. The van der Waals surface area contributed by atoms with Crippen molar-refractivity contribution in [3.63, 3.8) is 0 Å². The highest BCUT2D eigenvalue weighted by Gasteiger charge is 2.29. The monoisotopic (exact) mass is 248 g/mol. The SMILES string of the molecule is O=C1c2ccccc2CN1c1[nH]cc2ccccc12. The van der Waals surface area contributed by atoms with E-state index in [-0.39, 0.29) is 5.91 Å². The van der Waals surface area contributed by atoms with E-state index in [2.05, 4.69) is 4.98 Å². The van der Waals surface area contributed by atoms with Gasteiger partial charge in [-0.3, -0.25) is 9.69 Å². The van der Waals surface area contributed by atoms with E-state index in [1.54, 1.807) is 0 Å². The molecule has 0 atom stereocenters. The van der Waals surface area contributed by atoms with Gasteiger partial charge in [0.15, 0.2) is 0 Å². The summed E-state index contributed by atoms with van der Waals surface area (Å²) >= 11 is 0. The van der Waals surface area contributed by atoms with Gasteiger partial charge in [-0.2, -0.15) is 0 Å². The predicted octanol–water partition coefficient (Wildman–Crippen LogP) is 3.33. The molecule has 3 aromatic rings. The van der Waals surface area contributed by atoms with Crippen LogP contribution in [0.1, 0.15) is 15.9 Å². The second-order valence-electron chi connectivity index (χ2n) is 4.77. The van der Waals surface area contributed by atoms with E-state index in [4.69, 9.17) is 0 Å². The fraction of sp³-hybridized carbons (Fsp3) is 0.0625. The van der Waals surface area contributed by atoms with Crippen molar-refractivity contribution in [2.24, 2.45) is 0 Å². The average Bonchev–Trinajstić information content (AvgIpc) is 3.01. The molecule has 2 heterocycles. The molecule has 0 unspecified atom stereocenters. The molecular formula is C16H12N2O. The van der Waals surface area contributed by atoms with Crippen LogP contribution in [0.15, 0.2) is 54.7 Å². The number of H-pyrrole nitrogens is 1. The summed E-state index contributed by atoms with van der Waals surface area (Å²) in [6.45, 7) is 0.638. The maximum Gasteiger partial charge on any atom is 0.260 e. The second kappa shape index (κ2) is 3.72. The highest BCUT2D eigenvalue weighted by Crippen LogP contribution is 2.32. The molecule has 1 aliphatic rings. The fourth-order valence-corrected chi connectivity index (χ4v) is 2.72. The fourth-order valence-electron chi connectivity index (χ4n) is 2.72. The van der Waals surface area contributed by atoms with Crippen LogP contribution in [0, 0.1) is 0 Å². The van der Waals surface area contributed by atoms with Crippen LogP contribution in [0.25, 0.3) is 10.8 Å². The molecule has 19 heavy (non-hydrogen) atoms. The number of nitrogens with one attached hydrogen (secondary N) is 1. The Morgan fingerprint density at radius 2 is 1.79 bits per heavy atom. The largest absolute Gasteiger partial charge is 0.347 e. The number of benzene rings is 2. The molecular weight excluding hydrogens is 236 g/mol. The highest BCUT2D eigenvalue weighted by atomic mass is 16.2. The number of anilines is 1. The number of nitrogens with zero attached hydrogens (tertiary/aromatic N) is 1. The summed E-state index contributed by atoms with van der Waals surface area (Å²) < 4.78 is 0. The van der Waals surface area contributed by atoms with Crippen molar-refractivity contribution in [3.05, 3.63) is 65.9 Å². The molecule has 0 bridgehead atoms. The quantitative estimate of drug-likeness (QED) is 0.704. The van der Waals surface area contributed by atoms with Gasteiger partial charge in [-0.1, -0.05) is 42.5 Å². The Morgan fingerprint density at radius 3 is 2.68 bits per heavy atom. The van der Waals surface area contributed by atoms with Gasteiger partial charge in [-0.25, -0.2) is 0 Å². The topological polar surface area (TPSA) is 36.1 Å². The number of fused-ring (bicyclic) bond motifs is 2. The summed E-state index contributed by atoms with van der Waals surface area (Å²) in [4.78, 5) is 17.5. The molecule has 92 valence electrons. The van der Waals surface area contributed by atoms with E-state index >= 15 is 0 Å². The first-order chi connectivity index (χ1) is 9.34. The molecule has 0 saturated heterocycles. The van der Waals surface area contributed by atoms with Crippen LogP contribution in [0.3, 0.4) is 0 Å². The van der Waals surface area contributed by atoms with Gasteiger partial charge in [0.25, 0.3) is 5.91 Å². The summed E-state index contributed by atoms with van der Waals surface area (Å²) in [7, 11) is 0. The standard InChI is InChI=1S/C16H12N2O/c19-16-14-8-4-2-6-12(14)10-18(16)15-13-7-3-1-5-11(13)9-17-15/h1-9,17H,10H2. The van der Waals surface area contributed by atoms with Crippen molar-refractivity contribution >= 4 is 22.5 Å². The second-order valence-corrected chi connectivity index (χ2v) is 4.77. The number of aromatic nitrogens is 1. The Bertz CT molecular complexity index is 788. The Kier molecular flexibility index (Phi) is 2.03. The number of carbonyl (C=O) groups is 1. The molecule has 0 radical (unpaired) electrons. The molecule has 0 fully saturated rings. The Hall–Kier alpha value is -2.55. The predicted molar refractivity (Wildman–Crippen MR) is 75.3 cm³/mol. The molecule has 1 aromatic heterocycles. The van der Waals surface area contributed by atoms with Crippen LogP contribution in [0.4, 0.5) is 5.82 Å². The molecule has 1 N–H and O–H groups in total. The average molecular weight is 248 g/mol. The van der Waals surface area contributed by atoms with E-state index in [1.165, 1.54) is 0 Å². The molecule has 1 aliphatic heterocycles. The van der Waals surface area contributed by atoms with Crippen LogP contribution in [-0.4, -0.2) is 10.9 Å². The molecule has 3 nitrogen and oxygen atoms in total. The smallest absolute Gasteiger partial charge is 0.260 e. The third-order valence-electron chi connectivity index (χ3n) is 3.67. The van der Waals surface area contributed by atoms with Crippen LogP contribution in [0.5, 0.6) is 0 Å². The van der Waals surface area contributed by atoms with Crippen LogP contribution < -0.4 is 4.90 Å². The Balaban J connectivity index is 1.85. The minimum atomic E-state index is 0.0724. The van der Waals surface area contributed by atoms with E-state index < -0.39 is 0 Å². The summed E-state index contributed by atoms with van der Waals surface area (Å²) in [5, 5.41) is 2.21. The first kappa shape index (κ1) is 10.4. The van der Waals surface area contributed by atoms with Gasteiger partial charge in [0.2, 0.25) is 0 Å². The lowest BCUT2D eigenvalue weighted by atomic mass is 10.1. The van der Waals surface area contributed by atoms with E-state index in [0.717, 1.165) is 27.7 Å². The number of hydrogen-bond donors (Lipinski definition) is 1. The van der Waals surface area contributed by atoms with Crippen molar-refractivity contribution in [3.8, 4) is 0 Å². The third-order valence-corrected chi connectivity index (χ3v) is 3.67. The molecule has 3 heteroatoms. The van der Waals surface area contributed by atoms with Gasteiger partial charge >= 0.3 is 0 Å². The number of rotatable bonds is 1. The van der Waals surface area contributed by atoms with E-state index in [0.29, 0.717) is 6.54 Å². The number of aromatic amines is 1. The maximum atomic E-state index is 12.4. The summed E-state index contributed by atoms with van der Waals surface area (Å²) in [6.07, 6.45) is 1.95. The van der Waals surface area contributed by atoms with Crippen molar-refractivity contribution in [2.75, 3.05) is 4.90 Å². The minimum absolute atomic E-state index is 0.0724. The summed E-state index contributed by atoms with van der Waals surface area (Å²) in [5.41, 5.74) is 1.90. The first-order valence-corrected chi connectivity index (χ1v) is 6.30. The Labute approximate surface area is 110 Å². The van der Waals surface area contributed by atoms with Crippen LogP contribution in [-0.2, 0) is 6.54 Å². The Morgan fingerprint density at radius 1 is 1.00 bits per heavy atom. The summed E-state index contributed by atoms with van der Waals surface area (Å²) in [5.74, 6) is 0.958. The van der Waals surface area contributed by atoms with Gasteiger partial charge in [0.1, 0.15) is 5.82 Å². The molecule has 1 amide bonds. The van der Waals surface area contributed by atoms with Gasteiger partial charge < -0.3 is 4.98 Å². The van der Waals surface area contributed by atoms with Gasteiger partial charge in [-0.05, 0) is 11.6 Å². The lowest BCUT2D eigenvalue weighted by molar-refractivity contribution is 0.0996. The van der Waals surface area contributed by atoms with Crippen molar-refractivity contribution < 1.29 is 4.79 Å². The van der Waals surface area contributed by atoms with Gasteiger partial charge in [0.05, 0.1) is 6.54 Å². The number of hydrogen-bond acceptors (Lipinski definition) is 1. The first-order valence-electron chi connectivity index (χ1n) is 6.30. The molecule has 4 rings (SSSR count). The normalized spacial score (nSPS) is 14.1. The van der Waals surface area contributed by atoms with Crippen LogP contribution >= 0.6 is 0 Å². The lowest BCUT2D eigenvalue weighted by Crippen LogP contribution is -2.23. The molecule has 0 spiro atoms. The maximum absolute atomic E-state index is 12.4. The summed E-state index contributed by atoms with van der Waals surface area (Å²) in [6, 6.07) is 15.9. The van der Waals surface area contributed by atoms with Gasteiger partial charge in [0, 0.05) is 22.5 Å². The van der Waals surface area contributed by atoms with Crippen molar-refractivity contribution in [1.82, 2.24) is 4.98 Å². The molecule has 0 aliphatic carbocycles. The van der Waals surface area contributed by atoms with E-state index in [9.17, 15) is 4.79 Å². The van der Waals surface area contributed by atoms with Crippen molar-refractivity contribution in [1.29, 1.82) is 0 Å². The van der Waals surface area contributed by atoms with Gasteiger partial charge in [-0.15, -0.1) is 0 Å². The van der Waals surface area contributed by atoms with Crippen LogP contribution in [0.2, 0.25) is 0 Å². The number of amides is 1. The zero-order chi connectivity index (χ0) is 12.8. The number of carbonyl (C=O) groups excluding carboxylic acids is 1. The minimum Gasteiger partial charge on any atom is -0.347 e. The van der Waals surface area contributed by atoms with E-state index in [1.807, 2.05) is 59.6 Å². The molecule has 2 aromatic carbocycles. The van der Waals surface area contributed by atoms with Crippen molar-refractivity contribution in [2.45, 2.75) is 6.54 Å². The zero-order valence-electron chi connectivity index (χ0n) is 10.3.